The number of aromatic amines is 1. The van der Waals surface area contributed by atoms with Gasteiger partial charge >= 0.3 is 0 Å². The number of hydrogen-bond acceptors (Lipinski definition) is 1. The minimum atomic E-state index is 0.318. The fraction of sp³-hybridized carbons (Fsp3) is 0.500. The number of benzene rings is 1. The molecule has 3 heteroatoms. The second-order valence-electron chi connectivity index (χ2n) is 6.12. The topological polar surface area (TPSA) is 36.1 Å². The van der Waals surface area contributed by atoms with E-state index in [1.807, 2.05) is 12.3 Å². The summed E-state index contributed by atoms with van der Waals surface area (Å²) in [6.45, 7) is 4.14. The zero-order valence-corrected chi connectivity index (χ0v) is 12.8. The third kappa shape index (κ3) is 3.12. The van der Waals surface area contributed by atoms with E-state index in [0.29, 0.717) is 18.2 Å². The Bertz CT molecular complexity index is 616. The minimum absolute atomic E-state index is 0.318. The molecule has 112 valence electrons. The number of hydrogen-bond donors (Lipinski definition) is 1. The van der Waals surface area contributed by atoms with Crippen LogP contribution in [0.5, 0.6) is 0 Å². The number of nitrogens with zero attached hydrogens (tertiary/aromatic N) is 1. The van der Waals surface area contributed by atoms with E-state index < -0.39 is 0 Å². The number of rotatable bonds is 4. The lowest BCUT2D eigenvalue weighted by Crippen LogP contribution is -2.39. The van der Waals surface area contributed by atoms with Crippen LogP contribution in [0.4, 0.5) is 0 Å². The van der Waals surface area contributed by atoms with E-state index in [-0.39, 0.29) is 0 Å². The number of carbonyl (C=O) groups excluding carboxylic acids is 1. The predicted octanol–water partition coefficient (Wildman–Crippen LogP) is 3.75. The number of nitrogens with one attached hydrogen (secondary N) is 1. The third-order valence-electron chi connectivity index (χ3n) is 4.73. The molecule has 0 spiro atoms. The lowest BCUT2D eigenvalue weighted by Gasteiger charge is -2.32. The highest BCUT2D eigenvalue weighted by Crippen LogP contribution is 2.22. The van der Waals surface area contributed by atoms with Crippen LogP contribution in [0.25, 0.3) is 10.9 Å². The summed E-state index contributed by atoms with van der Waals surface area (Å²) in [4.78, 5) is 17.8. The van der Waals surface area contributed by atoms with Crippen LogP contribution in [0.15, 0.2) is 30.5 Å². The number of likely N-dealkylation sites (tertiary alicyclic amines) is 1. The Morgan fingerprint density at radius 1 is 1.38 bits per heavy atom. The van der Waals surface area contributed by atoms with Gasteiger partial charge in [0.2, 0.25) is 5.91 Å². The molecule has 3 nitrogen and oxygen atoms in total. The Kier molecular flexibility index (Phi) is 4.28. The number of piperidine rings is 1. The van der Waals surface area contributed by atoms with Crippen molar-refractivity contribution < 1.29 is 4.79 Å². The fourth-order valence-corrected chi connectivity index (χ4v) is 3.36. The van der Waals surface area contributed by atoms with Crippen molar-refractivity contribution in [1.82, 2.24) is 9.88 Å². The average molecular weight is 284 g/mol. The molecule has 0 saturated carbocycles. The quantitative estimate of drug-likeness (QED) is 0.912. The summed E-state index contributed by atoms with van der Waals surface area (Å²) in [7, 11) is 0. The predicted molar refractivity (Wildman–Crippen MR) is 86.2 cm³/mol. The molecule has 1 saturated heterocycles. The summed E-state index contributed by atoms with van der Waals surface area (Å²) >= 11 is 0. The lowest BCUT2D eigenvalue weighted by molar-refractivity contribution is -0.133. The van der Waals surface area contributed by atoms with E-state index in [1.165, 1.54) is 23.8 Å². The Balaban J connectivity index is 1.60. The van der Waals surface area contributed by atoms with Crippen LogP contribution < -0.4 is 0 Å². The van der Waals surface area contributed by atoms with Crippen LogP contribution in [0.3, 0.4) is 0 Å². The van der Waals surface area contributed by atoms with Crippen LogP contribution in [-0.4, -0.2) is 28.9 Å². The maximum atomic E-state index is 12.4. The molecule has 21 heavy (non-hydrogen) atoms. The maximum absolute atomic E-state index is 12.4. The lowest BCUT2D eigenvalue weighted by atomic mass is 9.95. The van der Waals surface area contributed by atoms with E-state index >= 15 is 0 Å². The molecule has 3 rings (SSSR count). The highest BCUT2D eigenvalue weighted by Gasteiger charge is 2.22. The van der Waals surface area contributed by atoms with Crippen molar-refractivity contribution in [3.8, 4) is 0 Å². The molecule has 1 aromatic heterocycles. The van der Waals surface area contributed by atoms with Crippen molar-refractivity contribution in [2.45, 2.75) is 39.0 Å². The molecule has 1 aliphatic rings. The summed E-state index contributed by atoms with van der Waals surface area (Å²) in [5.41, 5.74) is 2.41. The van der Waals surface area contributed by atoms with Crippen molar-refractivity contribution in [2.24, 2.45) is 5.92 Å². The molecule has 2 aromatic rings. The largest absolute Gasteiger partial charge is 0.361 e. The number of aryl methyl sites for hydroxylation is 1. The van der Waals surface area contributed by atoms with E-state index in [1.54, 1.807) is 0 Å². The number of para-hydroxylation sites is 1. The molecule has 0 unspecified atom stereocenters. The zero-order valence-electron chi connectivity index (χ0n) is 12.8. The monoisotopic (exact) mass is 284 g/mol. The summed E-state index contributed by atoms with van der Waals surface area (Å²) in [5.74, 6) is 1.02. The fourth-order valence-electron chi connectivity index (χ4n) is 3.36. The molecule has 1 aromatic carbocycles. The Morgan fingerprint density at radius 3 is 3.10 bits per heavy atom. The first-order valence-electron chi connectivity index (χ1n) is 8.10. The number of carbonyl (C=O) groups is 1. The van der Waals surface area contributed by atoms with Crippen LogP contribution in [-0.2, 0) is 11.2 Å². The van der Waals surface area contributed by atoms with Crippen LogP contribution >= 0.6 is 0 Å². The molecule has 0 aliphatic carbocycles. The highest BCUT2D eigenvalue weighted by atomic mass is 16.2. The van der Waals surface area contributed by atoms with E-state index in [0.717, 1.165) is 31.4 Å². The second-order valence-corrected chi connectivity index (χ2v) is 6.12. The van der Waals surface area contributed by atoms with Gasteiger partial charge in [-0.2, -0.15) is 0 Å². The normalized spacial score (nSPS) is 19.1. The molecule has 1 fully saturated rings. The van der Waals surface area contributed by atoms with Crippen LogP contribution in [0, 0.1) is 5.92 Å². The molecule has 1 aliphatic heterocycles. The second kappa shape index (κ2) is 6.33. The van der Waals surface area contributed by atoms with Gasteiger partial charge in [-0.3, -0.25) is 4.79 Å². The smallest absolute Gasteiger partial charge is 0.222 e. The van der Waals surface area contributed by atoms with Crippen molar-refractivity contribution in [3.05, 3.63) is 36.0 Å². The number of H-pyrrole nitrogens is 1. The van der Waals surface area contributed by atoms with Crippen molar-refractivity contribution in [3.63, 3.8) is 0 Å². The van der Waals surface area contributed by atoms with E-state index in [9.17, 15) is 4.79 Å². The minimum Gasteiger partial charge on any atom is -0.361 e. The van der Waals surface area contributed by atoms with Crippen molar-refractivity contribution in [2.75, 3.05) is 13.1 Å². The molecular formula is C18H24N2O. The standard InChI is InChI=1S/C18H24N2O/c1-2-14-6-5-11-20(13-14)18(21)10-9-15-12-19-17-8-4-3-7-16(15)17/h3-4,7-8,12,14,19H,2,5-6,9-11,13H2,1H3/t14-/m0/s1. The van der Waals surface area contributed by atoms with Gasteiger partial charge in [0.25, 0.3) is 0 Å². The van der Waals surface area contributed by atoms with Gasteiger partial charge in [-0.25, -0.2) is 0 Å². The summed E-state index contributed by atoms with van der Waals surface area (Å²) in [6.07, 6.45) is 7.13. The van der Waals surface area contributed by atoms with Crippen LogP contribution in [0.1, 0.15) is 38.2 Å². The summed E-state index contributed by atoms with van der Waals surface area (Å²) < 4.78 is 0. The molecule has 1 N–H and O–H groups in total. The maximum Gasteiger partial charge on any atom is 0.222 e. The first-order chi connectivity index (χ1) is 10.3. The molecule has 1 atom stereocenters. The van der Waals surface area contributed by atoms with Gasteiger partial charge in [0.05, 0.1) is 0 Å². The Labute approximate surface area is 126 Å². The molecule has 0 bridgehead atoms. The first kappa shape index (κ1) is 14.2. The number of amides is 1. The Morgan fingerprint density at radius 2 is 2.24 bits per heavy atom. The zero-order chi connectivity index (χ0) is 14.7. The first-order valence-corrected chi connectivity index (χ1v) is 8.10. The summed E-state index contributed by atoms with van der Waals surface area (Å²) in [6, 6.07) is 8.29. The highest BCUT2D eigenvalue weighted by molar-refractivity contribution is 5.84. The van der Waals surface area contributed by atoms with Crippen molar-refractivity contribution in [1.29, 1.82) is 0 Å². The third-order valence-corrected chi connectivity index (χ3v) is 4.73. The van der Waals surface area contributed by atoms with Gasteiger partial charge in [0.15, 0.2) is 0 Å². The SMILES string of the molecule is CC[C@H]1CCCN(C(=O)CCc2c[nH]c3ccccc23)C1. The number of aromatic nitrogens is 1. The van der Waals surface area contributed by atoms with Gasteiger partial charge < -0.3 is 9.88 Å². The molecule has 1 amide bonds. The Hall–Kier alpha value is -1.77. The van der Waals surface area contributed by atoms with Gasteiger partial charge in [0, 0.05) is 36.6 Å². The van der Waals surface area contributed by atoms with Crippen LogP contribution in [0.2, 0.25) is 0 Å². The van der Waals surface area contributed by atoms with Gasteiger partial charge in [0.1, 0.15) is 0 Å². The van der Waals surface area contributed by atoms with Gasteiger partial charge in [-0.05, 0) is 36.8 Å². The van der Waals surface area contributed by atoms with E-state index in [2.05, 4.69) is 35.0 Å². The van der Waals surface area contributed by atoms with Crippen molar-refractivity contribution >= 4 is 16.8 Å². The summed E-state index contributed by atoms with van der Waals surface area (Å²) in [5, 5.41) is 1.25. The van der Waals surface area contributed by atoms with Gasteiger partial charge in [-0.15, -0.1) is 0 Å². The number of fused-ring (bicyclic) bond motifs is 1. The molecule has 0 radical (unpaired) electrons. The van der Waals surface area contributed by atoms with E-state index in [4.69, 9.17) is 0 Å². The molecule has 2 heterocycles. The average Bonchev–Trinajstić information content (AvgIpc) is 2.96. The van der Waals surface area contributed by atoms with Gasteiger partial charge in [-0.1, -0.05) is 31.5 Å². The molecular weight excluding hydrogens is 260 g/mol.